The van der Waals surface area contributed by atoms with Gasteiger partial charge in [-0.3, -0.25) is 9.20 Å². The molecule has 19 heavy (non-hydrogen) atoms. The molecule has 0 fully saturated rings. The van der Waals surface area contributed by atoms with Crippen LogP contribution >= 0.6 is 27.3 Å². The van der Waals surface area contributed by atoms with Crippen molar-refractivity contribution in [3.63, 3.8) is 0 Å². The first-order valence-corrected chi connectivity index (χ1v) is 7.19. The van der Waals surface area contributed by atoms with Gasteiger partial charge in [-0.25, -0.2) is 9.37 Å². The molecule has 3 rings (SSSR count). The summed E-state index contributed by atoms with van der Waals surface area (Å²) in [4.78, 5) is 17.3. The number of carbonyl (C=O) groups is 1. The van der Waals surface area contributed by atoms with Crippen molar-refractivity contribution in [3.05, 3.63) is 57.5 Å². The Labute approximate surface area is 120 Å². The van der Waals surface area contributed by atoms with E-state index < -0.39 is 5.82 Å². The van der Waals surface area contributed by atoms with Gasteiger partial charge >= 0.3 is 0 Å². The summed E-state index contributed by atoms with van der Waals surface area (Å²) in [5.41, 5.74) is 1.04. The highest BCUT2D eigenvalue weighted by Gasteiger charge is 2.12. The molecule has 0 N–H and O–H groups in total. The van der Waals surface area contributed by atoms with E-state index >= 15 is 0 Å². The predicted molar refractivity (Wildman–Crippen MR) is 75.2 cm³/mol. The molecule has 0 amide bonds. The summed E-state index contributed by atoms with van der Waals surface area (Å²) in [6.07, 6.45) is 3.88. The fourth-order valence-corrected chi connectivity index (χ4v) is 3.03. The molecule has 96 valence electrons. The zero-order valence-electron chi connectivity index (χ0n) is 9.64. The molecular weight excluding hydrogens is 331 g/mol. The maximum atomic E-state index is 13.2. The lowest BCUT2D eigenvalue weighted by Gasteiger charge is -2.00. The minimum atomic E-state index is -0.427. The summed E-state index contributed by atoms with van der Waals surface area (Å²) in [5, 5.41) is 1.93. The number of thiazole rings is 1. The van der Waals surface area contributed by atoms with Crippen LogP contribution in [0.25, 0.3) is 4.96 Å². The van der Waals surface area contributed by atoms with Gasteiger partial charge in [0, 0.05) is 27.8 Å². The number of carbonyl (C=O) groups excluding carboxylic acids is 1. The van der Waals surface area contributed by atoms with E-state index in [4.69, 9.17) is 0 Å². The van der Waals surface area contributed by atoms with Crippen molar-refractivity contribution in [1.29, 1.82) is 0 Å². The average Bonchev–Trinajstić information content (AvgIpc) is 2.88. The average molecular weight is 339 g/mol. The molecule has 6 heteroatoms. The third-order valence-corrected chi connectivity index (χ3v) is 3.90. The number of rotatable bonds is 3. The van der Waals surface area contributed by atoms with Gasteiger partial charge in [0.1, 0.15) is 5.82 Å². The number of benzene rings is 1. The van der Waals surface area contributed by atoms with Gasteiger partial charge in [0.25, 0.3) is 0 Å². The van der Waals surface area contributed by atoms with Crippen molar-refractivity contribution in [3.8, 4) is 0 Å². The minimum absolute atomic E-state index is 0.147. The number of imidazole rings is 1. The van der Waals surface area contributed by atoms with Crippen molar-refractivity contribution in [2.45, 2.75) is 6.42 Å². The molecule has 0 aliphatic heterocycles. The number of halogens is 2. The van der Waals surface area contributed by atoms with E-state index in [1.807, 2.05) is 22.2 Å². The smallest absolute Gasteiger partial charge is 0.193 e. The van der Waals surface area contributed by atoms with Crippen LogP contribution in [0, 0.1) is 5.82 Å². The summed E-state index contributed by atoms with van der Waals surface area (Å²) in [6.45, 7) is 0. The van der Waals surface area contributed by atoms with Crippen molar-refractivity contribution in [2.24, 2.45) is 0 Å². The third kappa shape index (κ3) is 2.59. The van der Waals surface area contributed by atoms with Gasteiger partial charge < -0.3 is 0 Å². The Morgan fingerprint density at radius 2 is 2.26 bits per heavy atom. The van der Waals surface area contributed by atoms with Crippen LogP contribution in [0.3, 0.4) is 0 Å². The van der Waals surface area contributed by atoms with E-state index in [0.717, 1.165) is 4.96 Å². The highest BCUT2D eigenvalue weighted by molar-refractivity contribution is 9.10. The van der Waals surface area contributed by atoms with Gasteiger partial charge in [-0.15, -0.1) is 11.3 Å². The van der Waals surface area contributed by atoms with Gasteiger partial charge in [-0.2, -0.15) is 0 Å². The first kappa shape index (κ1) is 12.5. The van der Waals surface area contributed by atoms with E-state index in [1.54, 1.807) is 6.07 Å². The number of hydrogen-bond acceptors (Lipinski definition) is 3. The lowest BCUT2D eigenvalue weighted by molar-refractivity contribution is 0.0991. The third-order valence-electron chi connectivity index (χ3n) is 2.67. The molecule has 3 nitrogen and oxygen atoms in total. The molecule has 0 unspecified atom stereocenters. The fourth-order valence-electron chi connectivity index (χ4n) is 1.84. The Bertz CT molecular complexity index is 716. The molecule has 1 aromatic carbocycles. The van der Waals surface area contributed by atoms with E-state index in [-0.39, 0.29) is 12.2 Å². The normalized spacial score (nSPS) is 11.1. The van der Waals surface area contributed by atoms with E-state index in [1.165, 1.54) is 23.5 Å². The van der Waals surface area contributed by atoms with Crippen molar-refractivity contribution >= 4 is 38.0 Å². The molecular formula is C13H8BrFN2OS. The molecule has 0 atom stereocenters. The highest BCUT2D eigenvalue weighted by Crippen LogP contribution is 2.17. The maximum absolute atomic E-state index is 13.2. The van der Waals surface area contributed by atoms with Crippen LogP contribution in [0.5, 0.6) is 0 Å². The highest BCUT2D eigenvalue weighted by atomic mass is 79.9. The second-order valence-corrected chi connectivity index (χ2v) is 5.87. The Morgan fingerprint density at radius 1 is 1.42 bits per heavy atom. The standard InChI is InChI=1S/C13H8BrFN2OS/c14-9-3-8(4-10(15)5-9)12(18)6-11-7-17-1-2-19-13(17)16-11/h1-5,7H,6H2. The topological polar surface area (TPSA) is 34.4 Å². The Hall–Kier alpha value is -1.53. The first-order chi connectivity index (χ1) is 9.11. The molecule has 2 heterocycles. The Kier molecular flexibility index (Phi) is 3.20. The van der Waals surface area contributed by atoms with Gasteiger partial charge in [0.15, 0.2) is 10.7 Å². The monoisotopic (exact) mass is 338 g/mol. The quantitative estimate of drug-likeness (QED) is 0.682. The number of Topliss-reactive ketones (excluding diaryl/α,β-unsaturated/α-hetero) is 1. The van der Waals surface area contributed by atoms with E-state index in [0.29, 0.717) is 15.7 Å². The zero-order chi connectivity index (χ0) is 13.4. The number of ketones is 1. The summed E-state index contributed by atoms with van der Waals surface area (Å²) < 4.78 is 15.7. The molecule has 0 radical (unpaired) electrons. The number of hydrogen-bond donors (Lipinski definition) is 0. The molecule has 0 aliphatic carbocycles. The van der Waals surface area contributed by atoms with Crippen LogP contribution in [0.1, 0.15) is 16.1 Å². The molecule has 0 spiro atoms. The molecule has 0 saturated carbocycles. The predicted octanol–water partition coefficient (Wildman–Crippen LogP) is 3.72. The lowest BCUT2D eigenvalue weighted by Crippen LogP contribution is -2.04. The molecule has 0 aliphatic rings. The summed E-state index contributed by atoms with van der Waals surface area (Å²) in [7, 11) is 0. The van der Waals surface area contributed by atoms with Crippen LogP contribution in [-0.2, 0) is 6.42 Å². The van der Waals surface area contributed by atoms with Gasteiger partial charge in [0.05, 0.1) is 12.1 Å². The second kappa shape index (κ2) is 4.86. The van der Waals surface area contributed by atoms with Crippen LogP contribution in [0.4, 0.5) is 4.39 Å². The van der Waals surface area contributed by atoms with Gasteiger partial charge in [-0.1, -0.05) is 15.9 Å². The molecule has 3 aromatic rings. The number of fused-ring (bicyclic) bond motifs is 1. The van der Waals surface area contributed by atoms with E-state index in [2.05, 4.69) is 20.9 Å². The van der Waals surface area contributed by atoms with Crippen LogP contribution < -0.4 is 0 Å². The minimum Gasteiger partial charge on any atom is -0.297 e. The number of aromatic nitrogens is 2. The fraction of sp³-hybridized carbons (Fsp3) is 0.0769. The second-order valence-electron chi connectivity index (χ2n) is 4.08. The van der Waals surface area contributed by atoms with Crippen molar-refractivity contribution < 1.29 is 9.18 Å². The molecule has 2 aromatic heterocycles. The van der Waals surface area contributed by atoms with Gasteiger partial charge in [0.2, 0.25) is 0 Å². The maximum Gasteiger partial charge on any atom is 0.193 e. The summed E-state index contributed by atoms with van der Waals surface area (Å²) in [5.74, 6) is -0.575. The van der Waals surface area contributed by atoms with Gasteiger partial charge in [-0.05, 0) is 18.2 Å². The first-order valence-electron chi connectivity index (χ1n) is 5.52. The van der Waals surface area contributed by atoms with Crippen molar-refractivity contribution in [2.75, 3.05) is 0 Å². The SMILES string of the molecule is O=C(Cc1cn2ccsc2n1)c1cc(F)cc(Br)c1. The van der Waals surface area contributed by atoms with Crippen molar-refractivity contribution in [1.82, 2.24) is 9.38 Å². The lowest BCUT2D eigenvalue weighted by atomic mass is 10.1. The van der Waals surface area contributed by atoms with Crippen LogP contribution in [0.15, 0.2) is 40.4 Å². The van der Waals surface area contributed by atoms with Crippen LogP contribution in [-0.4, -0.2) is 15.2 Å². The Balaban J connectivity index is 1.86. The number of nitrogens with zero attached hydrogens (tertiary/aromatic N) is 2. The largest absolute Gasteiger partial charge is 0.297 e. The van der Waals surface area contributed by atoms with E-state index in [9.17, 15) is 9.18 Å². The summed E-state index contributed by atoms with van der Waals surface area (Å²) >= 11 is 4.69. The summed E-state index contributed by atoms with van der Waals surface area (Å²) in [6, 6.07) is 4.18. The Morgan fingerprint density at radius 3 is 3.00 bits per heavy atom. The molecule has 0 bridgehead atoms. The van der Waals surface area contributed by atoms with Crippen LogP contribution in [0.2, 0.25) is 0 Å². The molecule has 0 saturated heterocycles. The zero-order valence-corrected chi connectivity index (χ0v) is 12.0.